The molecule has 82 valence electrons. The molecule has 0 saturated heterocycles. The predicted octanol–water partition coefficient (Wildman–Crippen LogP) is 2.93. The molecule has 1 N–H and O–H groups in total. The van der Waals surface area contributed by atoms with Gasteiger partial charge in [-0.25, -0.2) is 0 Å². The zero-order valence-corrected chi connectivity index (χ0v) is 10.5. The van der Waals surface area contributed by atoms with Crippen LogP contribution in [0.1, 0.15) is 24.8 Å². The predicted molar refractivity (Wildman–Crippen MR) is 66.1 cm³/mol. The fraction of sp³-hybridized carbons (Fsp3) is 0.500. The number of halogens is 1. The van der Waals surface area contributed by atoms with E-state index in [0.717, 1.165) is 10.0 Å². The lowest BCUT2D eigenvalue weighted by atomic mass is 9.91. The summed E-state index contributed by atoms with van der Waals surface area (Å²) in [6.07, 6.45) is 3.96. The second-order valence-corrected chi connectivity index (χ2v) is 4.98. The zero-order chi connectivity index (χ0) is 10.8. The standard InChI is InChI=1S/C12H16BrNO/c1-14(10-3-2-4-10)11-6-5-9(8-15)12(13)7-11/h5-7,10,15H,2-4,8H2,1H3. The Morgan fingerprint density at radius 3 is 2.67 bits per heavy atom. The zero-order valence-electron chi connectivity index (χ0n) is 8.91. The topological polar surface area (TPSA) is 23.5 Å². The van der Waals surface area contributed by atoms with Gasteiger partial charge in [-0.05, 0) is 37.0 Å². The minimum atomic E-state index is 0.0913. The minimum Gasteiger partial charge on any atom is -0.392 e. The number of hydrogen-bond donors (Lipinski definition) is 1. The maximum Gasteiger partial charge on any atom is 0.0692 e. The summed E-state index contributed by atoms with van der Waals surface area (Å²) in [5.41, 5.74) is 2.17. The van der Waals surface area contributed by atoms with Crippen LogP contribution in [0.4, 0.5) is 5.69 Å². The quantitative estimate of drug-likeness (QED) is 0.912. The number of aliphatic hydroxyl groups is 1. The molecule has 1 aliphatic rings. The summed E-state index contributed by atoms with van der Waals surface area (Å²) in [5.74, 6) is 0. The third-order valence-corrected chi connectivity index (χ3v) is 3.97. The van der Waals surface area contributed by atoms with E-state index in [1.54, 1.807) is 0 Å². The average molecular weight is 270 g/mol. The summed E-state index contributed by atoms with van der Waals surface area (Å²) in [5, 5.41) is 9.07. The highest BCUT2D eigenvalue weighted by Crippen LogP contribution is 2.30. The molecule has 0 amide bonds. The van der Waals surface area contributed by atoms with Gasteiger partial charge in [0.1, 0.15) is 0 Å². The second-order valence-electron chi connectivity index (χ2n) is 4.13. The largest absolute Gasteiger partial charge is 0.392 e. The first kappa shape index (κ1) is 11.0. The molecule has 0 atom stereocenters. The summed E-state index contributed by atoms with van der Waals surface area (Å²) in [6.45, 7) is 0.0913. The van der Waals surface area contributed by atoms with Gasteiger partial charge in [-0.15, -0.1) is 0 Å². The fourth-order valence-corrected chi connectivity index (χ4v) is 2.36. The Balaban J connectivity index is 2.17. The van der Waals surface area contributed by atoms with E-state index in [2.05, 4.69) is 40.0 Å². The molecule has 15 heavy (non-hydrogen) atoms. The van der Waals surface area contributed by atoms with Crippen molar-refractivity contribution in [1.82, 2.24) is 0 Å². The number of rotatable bonds is 3. The van der Waals surface area contributed by atoms with Gasteiger partial charge in [0.25, 0.3) is 0 Å². The summed E-state index contributed by atoms with van der Waals surface area (Å²) in [6, 6.07) is 6.85. The molecule has 3 heteroatoms. The van der Waals surface area contributed by atoms with Crippen LogP contribution >= 0.6 is 15.9 Å². The molecule has 2 rings (SSSR count). The lowest BCUT2D eigenvalue weighted by molar-refractivity contribution is 0.281. The van der Waals surface area contributed by atoms with Gasteiger partial charge in [-0.2, -0.15) is 0 Å². The van der Waals surface area contributed by atoms with E-state index in [1.807, 2.05) is 6.07 Å². The van der Waals surface area contributed by atoms with Gasteiger partial charge in [0, 0.05) is 23.2 Å². The summed E-state index contributed by atoms with van der Waals surface area (Å²) in [7, 11) is 2.14. The molecule has 0 aromatic heterocycles. The van der Waals surface area contributed by atoms with Gasteiger partial charge in [-0.3, -0.25) is 0 Å². The first-order valence-electron chi connectivity index (χ1n) is 5.34. The van der Waals surface area contributed by atoms with E-state index in [0.29, 0.717) is 6.04 Å². The SMILES string of the molecule is CN(c1ccc(CO)c(Br)c1)C1CCC1. The molecule has 1 fully saturated rings. The highest BCUT2D eigenvalue weighted by Gasteiger charge is 2.22. The molecule has 2 nitrogen and oxygen atoms in total. The molecule has 0 aliphatic heterocycles. The third-order valence-electron chi connectivity index (χ3n) is 3.24. The van der Waals surface area contributed by atoms with E-state index >= 15 is 0 Å². The molecular weight excluding hydrogens is 254 g/mol. The number of hydrogen-bond acceptors (Lipinski definition) is 2. The van der Waals surface area contributed by atoms with Crippen LogP contribution in [0.25, 0.3) is 0 Å². The fourth-order valence-electron chi connectivity index (χ4n) is 1.87. The molecule has 0 unspecified atom stereocenters. The summed E-state index contributed by atoms with van der Waals surface area (Å²) < 4.78 is 0.994. The van der Waals surface area contributed by atoms with Crippen LogP contribution in [0.2, 0.25) is 0 Å². The van der Waals surface area contributed by atoms with Gasteiger partial charge >= 0.3 is 0 Å². The van der Waals surface area contributed by atoms with E-state index < -0.39 is 0 Å². The number of aliphatic hydroxyl groups excluding tert-OH is 1. The van der Waals surface area contributed by atoms with E-state index in [-0.39, 0.29) is 6.61 Å². The Morgan fingerprint density at radius 2 is 2.20 bits per heavy atom. The van der Waals surface area contributed by atoms with Crippen molar-refractivity contribution in [3.05, 3.63) is 28.2 Å². The van der Waals surface area contributed by atoms with Gasteiger partial charge in [0.05, 0.1) is 6.61 Å². The Kier molecular flexibility index (Phi) is 3.32. The monoisotopic (exact) mass is 269 g/mol. The highest BCUT2D eigenvalue weighted by atomic mass is 79.9. The van der Waals surface area contributed by atoms with Crippen molar-refractivity contribution in [3.63, 3.8) is 0 Å². The first-order valence-corrected chi connectivity index (χ1v) is 6.14. The molecular formula is C12H16BrNO. The molecule has 1 aliphatic carbocycles. The molecule has 1 aromatic rings. The van der Waals surface area contributed by atoms with E-state index in [9.17, 15) is 0 Å². The molecule has 0 spiro atoms. The maximum atomic E-state index is 9.07. The number of anilines is 1. The summed E-state index contributed by atoms with van der Waals surface area (Å²) >= 11 is 3.48. The maximum absolute atomic E-state index is 9.07. The van der Waals surface area contributed by atoms with Crippen molar-refractivity contribution in [3.8, 4) is 0 Å². The Morgan fingerprint density at radius 1 is 1.47 bits per heavy atom. The van der Waals surface area contributed by atoms with Crippen molar-refractivity contribution in [2.45, 2.75) is 31.9 Å². The Hall–Kier alpha value is -0.540. The van der Waals surface area contributed by atoms with Gasteiger partial charge in [0.2, 0.25) is 0 Å². The van der Waals surface area contributed by atoms with Crippen LogP contribution < -0.4 is 4.90 Å². The molecule has 0 radical (unpaired) electrons. The summed E-state index contributed by atoms with van der Waals surface area (Å²) in [4.78, 5) is 2.33. The van der Waals surface area contributed by atoms with Crippen LogP contribution in [-0.2, 0) is 6.61 Å². The molecule has 0 bridgehead atoms. The van der Waals surface area contributed by atoms with Crippen molar-refractivity contribution in [1.29, 1.82) is 0 Å². The smallest absolute Gasteiger partial charge is 0.0692 e. The van der Waals surface area contributed by atoms with Gasteiger partial charge in [-0.1, -0.05) is 22.0 Å². The van der Waals surface area contributed by atoms with Crippen LogP contribution in [0.15, 0.2) is 22.7 Å². The Bertz CT molecular complexity index is 349. The molecule has 0 heterocycles. The van der Waals surface area contributed by atoms with Gasteiger partial charge < -0.3 is 10.0 Å². The molecule has 1 saturated carbocycles. The van der Waals surface area contributed by atoms with Crippen molar-refractivity contribution in [2.75, 3.05) is 11.9 Å². The second kappa shape index (κ2) is 4.54. The van der Waals surface area contributed by atoms with Gasteiger partial charge in [0.15, 0.2) is 0 Å². The normalized spacial score (nSPS) is 16.2. The van der Waals surface area contributed by atoms with E-state index in [4.69, 9.17) is 5.11 Å². The lowest BCUT2D eigenvalue weighted by Crippen LogP contribution is -2.37. The molecule has 1 aromatic carbocycles. The first-order chi connectivity index (χ1) is 7.22. The minimum absolute atomic E-state index is 0.0913. The Labute approximate surface area is 99.0 Å². The van der Waals surface area contributed by atoms with E-state index in [1.165, 1.54) is 24.9 Å². The third kappa shape index (κ3) is 2.18. The lowest BCUT2D eigenvalue weighted by Gasteiger charge is -2.36. The van der Waals surface area contributed by atoms with Crippen LogP contribution in [-0.4, -0.2) is 18.2 Å². The average Bonchev–Trinajstić information content (AvgIpc) is 2.15. The van der Waals surface area contributed by atoms with Crippen LogP contribution in [0.5, 0.6) is 0 Å². The highest BCUT2D eigenvalue weighted by molar-refractivity contribution is 9.10. The van der Waals surface area contributed by atoms with Crippen molar-refractivity contribution >= 4 is 21.6 Å². The number of benzene rings is 1. The van der Waals surface area contributed by atoms with Crippen LogP contribution in [0, 0.1) is 0 Å². The van der Waals surface area contributed by atoms with Crippen molar-refractivity contribution in [2.24, 2.45) is 0 Å². The van der Waals surface area contributed by atoms with Crippen LogP contribution in [0.3, 0.4) is 0 Å². The number of nitrogens with zero attached hydrogens (tertiary/aromatic N) is 1. The van der Waals surface area contributed by atoms with Crippen molar-refractivity contribution < 1.29 is 5.11 Å².